The molecular weight excluding hydrogens is 512 g/mol. The van der Waals surface area contributed by atoms with Gasteiger partial charge in [-0.05, 0) is 54.8 Å². The molecule has 0 spiro atoms. The van der Waals surface area contributed by atoms with E-state index in [1.54, 1.807) is 24.3 Å². The van der Waals surface area contributed by atoms with Gasteiger partial charge in [-0.1, -0.05) is 24.3 Å². The van der Waals surface area contributed by atoms with Crippen LogP contribution in [0.25, 0.3) is 0 Å². The van der Waals surface area contributed by atoms with Crippen molar-refractivity contribution >= 4 is 36.3 Å². The van der Waals surface area contributed by atoms with E-state index in [9.17, 15) is 34.5 Å². The maximum atomic E-state index is 13.2. The van der Waals surface area contributed by atoms with Crippen molar-refractivity contribution in [3.63, 3.8) is 0 Å². The maximum absolute atomic E-state index is 13.2. The molecule has 0 radical (unpaired) electrons. The fraction of sp³-hybridized carbons (Fsp3) is 0.385. The number of rotatable bonds is 12. The Kier molecular flexibility index (Phi) is 10.4. The van der Waals surface area contributed by atoms with E-state index in [4.69, 9.17) is 0 Å². The van der Waals surface area contributed by atoms with E-state index in [0.717, 1.165) is 6.42 Å². The standard InChI is InChI=1S/C26H32N4O7S/c31-17-7-3-15(4-8-17)12-20(28-23(33)19-2-1-11-27-19)24(34)30-22(14-38)25(35)29-21(26(36)37)13-16-5-9-18(32)10-6-16/h3-10,19-22,27,31-32,38H,1-2,11-14H2,(H,28,33)(H,29,35)(H,30,34)(H,36,37). The van der Waals surface area contributed by atoms with Crippen LogP contribution in [-0.2, 0) is 32.0 Å². The number of carboxylic acid groups (broad SMARTS) is 1. The highest BCUT2D eigenvalue weighted by Crippen LogP contribution is 2.14. The summed E-state index contributed by atoms with van der Waals surface area (Å²) < 4.78 is 0. The Morgan fingerprint density at radius 1 is 0.816 bits per heavy atom. The van der Waals surface area contributed by atoms with E-state index in [-0.39, 0.29) is 36.0 Å². The molecule has 1 aliphatic heterocycles. The minimum Gasteiger partial charge on any atom is -0.508 e. The molecule has 0 aromatic heterocycles. The van der Waals surface area contributed by atoms with Gasteiger partial charge in [-0.25, -0.2) is 4.79 Å². The third-order valence-electron chi connectivity index (χ3n) is 6.19. The number of aliphatic carboxylic acids is 1. The molecule has 0 aliphatic carbocycles. The van der Waals surface area contributed by atoms with Crippen molar-refractivity contribution in [3.8, 4) is 11.5 Å². The molecule has 12 heteroatoms. The average Bonchev–Trinajstić information content (AvgIpc) is 3.44. The topological polar surface area (TPSA) is 177 Å². The van der Waals surface area contributed by atoms with E-state index < -0.39 is 42.0 Å². The van der Waals surface area contributed by atoms with Crippen LogP contribution in [0.15, 0.2) is 48.5 Å². The largest absolute Gasteiger partial charge is 0.508 e. The van der Waals surface area contributed by atoms with Crippen molar-refractivity contribution in [2.24, 2.45) is 0 Å². The normalized spacial score (nSPS) is 17.1. The first-order chi connectivity index (χ1) is 18.2. The highest BCUT2D eigenvalue weighted by molar-refractivity contribution is 7.80. The fourth-order valence-electron chi connectivity index (χ4n) is 4.06. The third kappa shape index (κ3) is 8.38. The van der Waals surface area contributed by atoms with Crippen LogP contribution in [-0.4, -0.2) is 75.5 Å². The predicted molar refractivity (Wildman–Crippen MR) is 142 cm³/mol. The molecule has 1 aliphatic rings. The Morgan fingerprint density at radius 2 is 1.32 bits per heavy atom. The van der Waals surface area contributed by atoms with Gasteiger partial charge in [0, 0.05) is 18.6 Å². The van der Waals surface area contributed by atoms with Gasteiger partial charge < -0.3 is 36.6 Å². The van der Waals surface area contributed by atoms with Gasteiger partial charge in [-0.3, -0.25) is 14.4 Å². The third-order valence-corrected chi connectivity index (χ3v) is 6.56. The summed E-state index contributed by atoms with van der Waals surface area (Å²) in [6, 6.07) is 8.19. The zero-order chi connectivity index (χ0) is 27.7. The lowest BCUT2D eigenvalue weighted by molar-refractivity contribution is -0.142. The summed E-state index contributed by atoms with van der Waals surface area (Å²) in [5.41, 5.74) is 1.26. The molecule has 1 fully saturated rings. The van der Waals surface area contributed by atoms with E-state index in [2.05, 4.69) is 33.9 Å². The Bertz CT molecular complexity index is 1120. The Balaban J connectivity index is 1.69. The van der Waals surface area contributed by atoms with Gasteiger partial charge in [0.05, 0.1) is 6.04 Å². The monoisotopic (exact) mass is 544 g/mol. The number of carbonyl (C=O) groups excluding carboxylic acids is 3. The zero-order valence-electron chi connectivity index (χ0n) is 20.6. The molecule has 3 amide bonds. The van der Waals surface area contributed by atoms with Crippen LogP contribution < -0.4 is 21.3 Å². The molecule has 1 heterocycles. The van der Waals surface area contributed by atoms with Crippen LogP contribution in [0.1, 0.15) is 24.0 Å². The number of aromatic hydroxyl groups is 2. The molecule has 4 unspecified atom stereocenters. The number of carbonyl (C=O) groups is 4. The second-order valence-electron chi connectivity index (χ2n) is 9.09. The summed E-state index contributed by atoms with van der Waals surface area (Å²) in [5.74, 6) is -3.02. The summed E-state index contributed by atoms with van der Waals surface area (Å²) in [6.45, 7) is 0.698. The predicted octanol–water partition coefficient (Wildman–Crippen LogP) is 0.104. The summed E-state index contributed by atoms with van der Waals surface area (Å²) in [6.07, 6.45) is 1.54. The van der Waals surface area contributed by atoms with Gasteiger partial charge in [0.25, 0.3) is 0 Å². The molecule has 7 N–H and O–H groups in total. The van der Waals surface area contributed by atoms with E-state index in [1.807, 2.05) is 0 Å². The Morgan fingerprint density at radius 3 is 1.79 bits per heavy atom. The number of hydrogen-bond donors (Lipinski definition) is 8. The molecule has 2 aromatic rings. The smallest absolute Gasteiger partial charge is 0.326 e. The van der Waals surface area contributed by atoms with E-state index in [0.29, 0.717) is 24.1 Å². The molecule has 2 aromatic carbocycles. The molecule has 38 heavy (non-hydrogen) atoms. The van der Waals surface area contributed by atoms with Gasteiger partial charge >= 0.3 is 5.97 Å². The van der Waals surface area contributed by atoms with Crippen LogP contribution in [0.3, 0.4) is 0 Å². The number of benzene rings is 2. The van der Waals surface area contributed by atoms with Crippen molar-refractivity contribution < 1.29 is 34.5 Å². The first-order valence-corrected chi connectivity index (χ1v) is 12.8. The second kappa shape index (κ2) is 13.7. The van der Waals surface area contributed by atoms with Crippen molar-refractivity contribution in [2.75, 3.05) is 12.3 Å². The number of hydrogen-bond acceptors (Lipinski definition) is 8. The average molecular weight is 545 g/mol. The van der Waals surface area contributed by atoms with Crippen LogP contribution >= 0.6 is 12.6 Å². The number of phenolic OH excluding ortho intramolecular Hbond substituents is 2. The van der Waals surface area contributed by atoms with Crippen molar-refractivity contribution in [1.29, 1.82) is 0 Å². The zero-order valence-corrected chi connectivity index (χ0v) is 21.5. The van der Waals surface area contributed by atoms with Crippen molar-refractivity contribution in [1.82, 2.24) is 21.3 Å². The van der Waals surface area contributed by atoms with Gasteiger partial charge in [-0.15, -0.1) is 0 Å². The van der Waals surface area contributed by atoms with Crippen molar-refractivity contribution in [2.45, 2.75) is 49.9 Å². The van der Waals surface area contributed by atoms with E-state index >= 15 is 0 Å². The molecule has 4 atom stereocenters. The SMILES string of the molecule is O=C(O)C(Cc1ccc(O)cc1)NC(=O)C(CS)NC(=O)C(Cc1ccc(O)cc1)NC(=O)C1CCCN1. The molecule has 3 rings (SSSR count). The lowest BCUT2D eigenvalue weighted by Gasteiger charge is -2.24. The molecule has 0 saturated carbocycles. The first kappa shape index (κ1) is 28.8. The molecule has 11 nitrogen and oxygen atoms in total. The number of phenols is 2. The summed E-state index contributed by atoms with van der Waals surface area (Å²) >= 11 is 4.16. The summed E-state index contributed by atoms with van der Waals surface area (Å²) in [7, 11) is 0. The first-order valence-electron chi connectivity index (χ1n) is 12.2. The number of thiol groups is 1. The van der Waals surface area contributed by atoms with Crippen LogP contribution in [0, 0.1) is 0 Å². The van der Waals surface area contributed by atoms with Gasteiger partial charge in [0.1, 0.15) is 29.6 Å². The van der Waals surface area contributed by atoms with Gasteiger partial charge in [-0.2, -0.15) is 12.6 Å². The Labute approximate surface area is 225 Å². The lowest BCUT2D eigenvalue weighted by atomic mass is 10.0. The number of carboxylic acids is 1. The van der Waals surface area contributed by atoms with Crippen LogP contribution in [0.2, 0.25) is 0 Å². The summed E-state index contributed by atoms with van der Waals surface area (Å²) in [5, 5.41) is 39.4. The van der Waals surface area contributed by atoms with Gasteiger partial charge in [0.15, 0.2) is 0 Å². The van der Waals surface area contributed by atoms with Crippen LogP contribution in [0.5, 0.6) is 11.5 Å². The van der Waals surface area contributed by atoms with Gasteiger partial charge in [0.2, 0.25) is 17.7 Å². The highest BCUT2D eigenvalue weighted by Gasteiger charge is 2.31. The number of nitrogens with one attached hydrogen (secondary N) is 4. The molecule has 0 bridgehead atoms. The second-order valence-corrected chi connectivity index (χ2v) is 9.46. The molecular formula is C26H32N4O7S. The lowest BCUT2D eigenvalue weighted by Crippen LogP contribution is -2.58. The Hall–Kier alpha value is -3.77. The van der Waals surface area contributed by atoms with E-state index in [1.165, 1.54) is 24.3 Å². The number of amides is 3. The molecule has 204 valence electrons. The van der Waals surface area contributed by atoms with Crippen molar-refractivity contribution in [3.05, 3.63) is 59.7 Å². The van der Waals surface area contributed by atoms with Crippen LogP contribution in [0.4, 0.5) is 0 Å². The molecule has 1 saturated heterocycles. The minimum absolute atomic E-state index is 0.0279. The quantitative estimate of drug-likeness (QED) is 0.174. The summed E-state index contributed by atoms with van der Waals surface area (Å²) in [4.78, 5) is 50.7. The highest BCUT2D eigenvalue weighted by atomic mass is 32.1. The fourth-order valence-corrected chi connectivity index (χ4v) is 4.32. The maximum Gasteiger partial charge on any atom is 0.326 e. The minimum atomic E-state index is -1.28.